The van der Waals surface area contributed by atoms with Crippen LogP contribution in [0.2, 0.25) is 0 Å². The van der Waals surface area contributed by atoms with E-state index in [0.717, 1.165) is 33.6 Å². The van der Waals surface area contributed by atoms with Gasteiger partial charge >= 0.3 is 0 Å². The summed E-state index contributed by atoms with van der Waals surface area (Å²) in [5.74, 6) is 0.479. The number of benzene rings is 3. The maximum absolute atomic E-state index is 13.1. The van der Waals surface area contributed by atoms with Gasteiger partial charge in [0.2, 0.25) is 0 Å². The maximum Gasteiger partial charge on any atom is 0.274 e. The normalized spacial score (nSPS) is 10.8. The van der Waals surface area contributed by atoms with Gasteiger partial charge in [-0.25, -0.2) is 9.50 Å². The van der Waals surface area contributed by atoms with Crippen molar-refractivity contribution in [3.05, 3.63) is 133 Å². The molecule has 3 aromatic carbocycles. The Bertz CT molecular complexity index is 1700. The molecule has 6 rings (SSSR count). The minimum Gasteiger partial charge on any atom is -0.489 e. The van der Waals surface area contributed by atoms with E-state index in [-0.39, 0.29) is 5.91 Å². The van der Waals surface area contributed by atoms with Crippen molar-refractivity contribution in [3.8, 4) is 28.0 Å². The molecule has 0 aliphatic rings. The van der Waals surface area contributed by atoms with Crippen LogP contribution in [-0.4, -0.2) is 25.5 Å². The van der Waals surface area contributed by atoms with Crippen molar-refractivity contribution in [2.24, 2.45) is 0 Å². The molecule has 0 atom stereocenters. The Kier molecular flexibility index (Phi) is 6.30. The predicted molar refractivity (Wildman–Crippen MR) is 147 cm³/mol. The van der Waals surface area contributed by atoms with Crippen molar-refractivity contribution in [2.45, 2.75) is 6.61 Å². The lowest BCUT2D eigenvalue weighted by Gasteiger charge is -2.08. The monoisotopic (exact) mass is 497 g/mol. The number of pyridine rings is 1. The Hall–Kier alpha value is -5.30. The highest BCUT2D eigenvalue weighted by Crippen LogP contribution is 2.27. The zero-order valence-corrected chi connectivity index (χ0v) is 20.4. The maximum atomic E-state index is 13.1. The van der Waals surface area contributed by atoms with Crippen LogP contribution in [0.15, 0.2) is 122 Å². The number of hydrogen-bond donors (Lipinski definition) is 1. The van der Waals surface area contributed by atoms with Crippen molar-refractivity contribution < 1.29 is 9.53 Å². The summed E-state index contributed by atoms with van der Waals surface area (Å²) in [4.78, 5) is 21.8. The highest BCUT2D eigenvalue weighted by atomic mass is 16.5. The lowest BCUT2D eigenvalue weighted by molar-refractivity contribution is 0.102. The van der Waals surface area contributed by atoms with Gasteiger partial charge in [-0.05, 0) is 64.7 Å². The SMILES string of the molecule is O=C(Nc1cccc(-c2ccncc2)c1)c1ccn2ncc(-c3ccc(OCc4ccccc4)cc3)c2n1. The number of ether oxygens (including phenoxy) is 1. The molecule has 184 valence electrons. The first-order valence-corrected chi connectivity index (χ1v) is 12.2. The van der Waals surface area contributed by atoms with Crippen LogP contribution >= 0.6 is 0 Å². The Morgan fingerprint density at radius 3 is 2.45 bits per heavy atom. The second-order valence-electron chi connectivity index (χ2n) is 8.71. The minimum atomic E-state index is -0.295. The quantitative estimate of drug-likeness (QED) is 0.280. The van der Waals surface area contributed by atoms with Gasteiger partial charge in [0.25, 0.3) is 5.91 Å². The third kappa shape index (κ3) is 4.99. The average molecular weight is 498 g/mol. The Morgan fingerprint density at radius 2 is 1.63 bits per heavy atom. The number of nitrogens with zero attached hydrogens (tertiary/aromatic N) is 4. The van der Waals surface area contributed by atoms with Crippen molar-refractivity contribution in [3.63, 3.8) is 0 Å². The molecular formula is C31H23N5O2. The van der Waals surface area contributed by atoms with Crippen LogP contribution in [0.4, 0.5) is 5.69 Å². The molecule has 7 heteroatoms. The number of fused-ring (bicyclic) bond motifs is 1. The Labute approximate surface area is 219 Å². The van der Waals surface area contributed by atoms with E-state index in [9.17, 15) is 4.79 Å². The van der Waals surface area contributed by atoms with Gasteiger partial charge in [-0.15, -0.1) is 0 Å². The molecule has 6 aromatic rings. The summed E-state index contributed by atoms with van der Waals surface area (Å²) in [5, 5.41) is 7.37. The van der Waals surface area contributed by atoms with Crippen LogP contribution in [0.3, 0.4) is 0 Å². The first-order chi connectivity index (χ1) is 18.7. The molecule has 0 saturated carbocycles. The van der Waals surface area contributed by atoms with Gasteiger partial charge in [-0.2, -0.15) is 5.10 Å². The van der Waals surface area contributed by atoms with E-state index < -0.39 is 0 Å². The Morgan fingerprint density at radius 1 is 0.816 bits per heavy atom. The van der Waals surface area contributed by atoms with Crippen LogP contribution in [-0.2, 0) is 6.61 Å². The van der Waals surface area contributed by atoms with Crippen LogP contribution < -0.4 is 10.1 Å². The van der Waals surface area contributed by atoms with E-state index in [0.29, 0.717) is 23.6 Å². The standard InChI is InChI=1S/C31H23N5O2/c37-31(34-26-8-4-7-25(19-26)23-13-16-32-17-14-23)29-15-18-36-30(35-29)28(20-33-36)24-9-11-27(12-10-24)38-21-22-5-2-1-3-6-22/h1-20H,21H2,(H,34,37). The van der Waals surface area contributed by atoms with Gasteiger partial charge in [0.1, 0.15) is 18.1 Å². The Balaban J connectivity index is 1.20. The first-order valence-electron chi connectivity index (χ1n) is 12.2. The number of anilines is 1. The topological polar surface area (TPSA) is 81.4 Å². The van der Waals surface area contributed by atoms with E-state index >= 15 is 0 Å². The predicted octanol–water partition coefficient (Wildman–Crippen LogP) is 6.29. The molecule has 0 radical (unpaired) electrons. The molecule has 3 aromatic heterocycles. The molecular weight excluding hydrogens is 474 g/mol. The summed E-state index contributed by atoms with van der Waals surface area (Å²) in [6.07, 6.45) is 6.98. The van der Waals surface area contributed by atoms with Gasteiger partial charge in [-0.1, -0.05) is 54.6 Å². The van der Waals surface area contributed by atoms with Gasteiger partial charge in [0.15, 0.2) is 5.65 Å². The summed E-state index contributed by atoms with van der Waals surface area (Å²) in [6, 6.07) is 31.0. The molecule has 0 unspecified atom stereocenters. The van der Waals surface area contributed by atoms with Crippen LogP contribution in [0.5, 0.6) is 5.75 Å². The summed E-state index contributed by atoms with van der Waals surface area (Å²) < 4.78 is 7.57. The van der Waals surface area contributed by atoms with Crippen molar-refractivity contribution in [2.75, 3.05) is 5.32 Å². The zero-order valence-electron chi connectivity index (χ0n) is 20.4. The molecule has 0 spiro atoms. The fourth-order valence-electron chi connectivity index (χ4n) is 4.19. The largest absolute Gasteiger partial charge is 0.489 e. The average Bonchev–Trinajstić information content (AvgIpc) is 3.41. The summed E-state index contributed by atoms with van der Waals surface area (Å²) >= 11 is 0. The van der Waals surface area contributed by atoms with Crippen molar-refractivity contribution in [1.29, 1.82) is 0 Å². The number of carbonyl (C=O) groups excluding carboxylic acids is 1. The summed E-state index contributed by atoms with van der Waals surface area (Å²) in [7, 11) is 0. The zero-order chi connectivity index (χ0) is 25.7. The molecule has 0 bridgehead atoms. The highest BCUT2D eigenvalue weighted by molar-refractivity contribution is 6.03. The molecule has 1 amide bonds. The lowest BCUT2D eigenvalue weighted by atomic mass is 10.1. The van der Waals surface area contributed by atoms with Crippen molar-refractivity contribution >= 4 is 17.2 Å². The van der Waals surface area contributed by atoms with Crippen molar-refractivity contribution in [1.82, 2.24) is 19.6 Å². The van der Waals surface area contributed by atoms with Gasteiger partial charge in [0, 0.05) is 29.8 Å². The molecule has 7 nitrogen and oxygen atoms in total. The van der Waals surface area contributed by atoms with Gasteiger partial charge in [0.05, 0.1) is 6.20 Å². The minimum absolute atomic E-state index is 0.295. The van der Waals surface area contributed by atoms with Gasteiger partial charge < -0.3 is 10.1 Å². The number of hydrogen-bond acceptors (Lipinski definition) is 5. The number of rotatable bonds is 7. The number of carbonyl (C=O) groups is 1. The fraction of sp³-hybridized carbons (Fsp3) is 0.0323. The van der Waals surface area contributed by atoms with E-state index in [1.165, 1.54) is 0 Å². The third-order valence-electron chi connectivity index (χ3n) is 6.15. The van der Waals surface area contributed by atoms with Crippen LogP contribution in [0.25, 0.3) is 27.9 Å². The fourth-order valence-corrected chi connectivity index (χ4v) is 4.19. The molecule has 38 heavy (non-hydrogen) atoms. The molecule has 0 aliphatic carbocycles. The van der Waals surface area contributed by atoms with Gasteiger partial charge in [-0.3, -0.25) is 9.78 Å². The van der Waals surface area contributed by atoms with Crippen LogP contribution in [0, 0.1) is 0 Å². The van der Waals surface area contributed by atoms with E-state index in [1.807, 2.05) is 91.0 Å². The van der Waals surface area contributed by atoms with E-state index in [1.54, 1.807) is 35.4 Å². The molecule has 3 heterocycles. The lowest BCUT2D eigenvalue weighted by Crippen LogP contribution is -2.14. The molecule has 0 saturated heterocycles. The summed E-state index contributed by atoms with van der Waals surface area (Å²) in [5.41, 5.74) is 6.47. The molecule has 0 fully saturated rings. The number of aromatic nitrogens is 4. The third-order valence-corrected chi connectivity index (χ3v) is 6.15. The molecule has 1 N–H and O–H groups in total. The number of amides is 1. The molecule has 0 aliphatic heterocycles. The van der Waals surface area contributed by atoms with Crippen LogP contribution in [0.1, 0.15) is 16.1 Å². The summed E-state index contributed by atoms with van der Waals surface area (Å²) in [6.45, 7) is 0.502. The second-order valence-corrected chi connectivity index (χ2v) is 8.71. The smallest absolute Gasteiger partial charge is 0.274 e. The van der Waals surface area contributed by atoms with E-state index in [2.05, 4.69) is 20.4 Å². The van der Waals surface area contributed by atoms with E-state index in [4.69, 9.17) is 4.74 Å². The highest BCUT2D eigenvalue weighted by Gasteiger charge is 2.14. The number of nitrogens with one attached hydrogen (secondary N) is 1. The second kappa shape index (κ2) is 10.4. The first kappa shape index (κ1) is 23.1.